The zero-order chi connectivity index (χ0) is 13.6. The smallest absolute Gasteiger partial charge is 0.227 e. The molecule has 0 radical (unpaired) electrons. The van der Waals surface area contributed by atoms with E-state index >= 15 is 0 Å². The van der Waals surface area contributed by atoms with Crippen LogP contribution < -0.4 is 5.73 Å². The van der Waals surface area contributed by atoms with Gasteiger partial charge in [0.25, 0.3) is 0 Å². The third kappa shape index (κ3) is 1.97. The van der Waals surface area contributed by atoms with Gasteiger partial charge in [0, 0.05) is 11.3 Å². The fourth-order valence-corrected chi connectivity index (χ4v) is 2.57. The molecule has 3 aromatic rings. The first-order valence-corrected chi connectivity index (χ1v) is 6.29. The zero-order valence-corrected chi connectivity index (χ0v) is 11.3. The van der Waals surface area contributed by atoms with Crippen LogP contribution in [0.25, 0.3) is 22.6 Å². The topological polar surface area (TPSA) is 52.0 Å². The van der Waals surface area contributed by atoms with Gasteiger partial charge >= 0.3 is 0 Å². The van der Waals surface area contributed by atoms with Crippen molar-refractivity contribution in [2.75, 3.05) is 5.73 Å². The monoisotopic (exact) mass is 252 g/mol. The average molecular weight is 252 g/mol. The Morgan fingerprint density at radius 1 is 1.00 bits per heavy atom. The van der Waals surface area contributed by atoms with E-state index in [9.17, 15) is 0 Å². The van der Waals surface area contributed by atoms with Crippen LogP contribution in [0.3, 0.4) is 0 Å². The van der Waals surface area contributed by atoms with Crippen molar-refractivity contribution in [1.82, 2.24) is 4.98 Å². The molecule has 3 rings (SSSR count). The molecule has 0 atom stereocenters. The third-order valence-corrected chi connectivity index (χ3v) is 3.30. The molecule has 3 heteroatoms. The number of hydrogen-bond donors (Lipinski definition) is 1. The quantitative estimate of drug-likeness (QED) is 0.666. The average Bonchev–Trinajstić information content (AvgIpc) is 2.69. The van der Waals surface area contributed by atoms with E-state index in [2.05, 4.69) is 37.9 Å². The highest BCUT2D eigenvalue weighted by Crippen LogP contribution is 2.30. The number of nitrogens with zero attached hydrogens (tertiary/aromatic N) is 1. The molecule has 1 heterocycles. The SMILES string of the molecule is Cc1cc(C)c(-c2nc3cc(N)ccc3o2)c(C)c1. The normalized spacial score (nSPS) is 11.1. The molecule has 0 saturated carbocycles. The number of rotatable bonds is 1. The maximum absolute atomic E-state index is 5.84. The van der Waals surface area contributed by atoms with Gasteiger partial charge in [-0.25, -0.2) is 4.98 Å². The van der Waals surface area contributed by atoms with Crippen molar-refractivity contribution in [3.63, 3.8) is 0 Å². The molecule has 1 aromatic heterocycles. The maximum atomic E-state index is 5.84. The Kier molecular flexibility index (Phi) is 2.56. The first-order valence-electron chi connectivity index (χ1n) is 6.29. The minimum absolute atomic E-state index is 0.663. The van der Waals surface area contributed by atoms with Gasteiger partial charge < -0.3 is 10.2 Å². The molecule has 0 aliphatic heterocycles. The Labute approximate surface area is 112 Å². The molecular weight excluding hydrogens is 236 g/mol. The van der Waals surface area contributed by atoms with Crippen molar-refractivity contribution in [3.8, 4) is 11.5 Å². The van der Waals surface area contributed by atoms with Crippen LogP contribution in [0.1, 0.15) is 16.7 Å². The largest absolute Gasteiger partial charge is 0.436 e. The summed E-state index contributed by atoms with van der Waals surface area (Å²) >= 11 is 0. The number of nitrogen functional groups attached to an aromatic ring is 1. The van der Waals surface area contributed by atoms with Gasteiger partial charge in [-0.3, -0.25) is 0 Å². The second-order valence-corrected chi connectivity index (χ2v) is 5.02. The van der Waals surface area contributed by atoms with E-state index < -0.39 is 0 Å². The highest BCUT2D eigenvalue weighted by Gasteiger charge is 2.13. The summed E-state index contributed by atoms with van der Waals surface area (Å²) < 4.78 is 5.84. The molecule has 19 heavy (non-hydrogen) atoms. The van der Waals surface area contributed by atoms with Crippen LogP contribution in [-0.4, -0.2) is 4.98 Å². The van der Waals surface area contributed by atoms with Crippen molar-refractivity contribution in [1.29, 1.82) is 0 Å². The van der Waals surface area contributed by atoms with Gasteiger partial charge in [-0.1, -0.05) is 17.7 Å². The van der Waals surface area contributed by atoms with E-state index in [0.717, 1.165) is 16.7 Å². The zero-order valence-electron chi connectivity index (χ0n) is 11.3. The van der Waals surface area contributed by atoms with Crippen molar-refractivity contribution in [2.24, 2.45) is 0 Å². The van der Waals surface area contributed by atoms with Gasteiger partial charge in [0.15, 0.2) is 5.58 Å². The summed E-state index contributed by atoms with van der Waals surface area (Å²) in [5.41, 5.74) is 12.7. The van der Waals surface area contributed by atoms with Gasteiger partial charge in [-0.2, -0.15) is 0 Å². The predicted octanol–water partition coefficient (Wildman–Crippen LogP) is 4.00. The molecule has 0 unspecified atom stereocenters. The Balaban J connectivity index is 2.24. The van der Waals surface area contributed by atoms with Crippen LogP contribution in [0.5, 0.6) is 0 Å². The van der Waals surface area contributed by atoms with E-state index in [-0.39, 0.29) is 0 Å². The maximum Gasteiger partial charge on any atom is 0.227 e. The lowest BCUT2D eigenvalue weighted by molar-refractivity contribution is 0.618. The van der Waals surface area contributed by atoms with E-state index in [1.807, 2.05) is 18.2 Å². The standard InChI is InChI=1S/C16H16N2O/c1-9-6-10(2)15(11(3)7-9)16-18-13-8-12(17)4-5-14(13)19-16/h4-8H,17H2,1-3H3. The number of fused-ring (bicyclic) bond motifs is 1. The molecule has 0 amide bonds. The predicted molar refractivity (Wildman–Crippen MR) is 78.1 cm³/mol. The number of aryl methyl sites for hydroxylation is 3. The molecule has 0 fully saturated rings. The van der Waals surface area contributed by atoms with Crippen molar-refractivity contribution >= 4 is 16.8 Å². The molecule has 2 N–H and O–H groups in total. The summed E-state index contributed by atoms with van der Waals surface area (Å²) in [6.07, 6.45) is 0. The number of hydrogen-bond acceptors (Lipinski definition) is 3. The van der Waals surface area contributed by atoms with Gasteiger partial charge in [-0.05, 0) is 50.1 Å². The van der Waals surface area contributed by atoms with Crippen LogP contribution in [-0.2, 0) is 0 Å². The number of benzene rings is 2. The molecule has 0 aliphatic carbocycles. The minimum Gasteiger partial charge on any atom is -0.436 e. The fraction of sp³-hybridized carbons (Fsp3) is 0.188. The molecule has 96 valence electrons. The summed E-state index contributed by atoms with van der Waals surface area (Å²) in [4.78, 5) is 4.55. The Hall–Kier alpha value is -2.29. The van der Waals surface area contributed by atoms with E-state index in [4.69, 9.17) is 10.2 Å². The molecule has 0 aliphatic rings. The molecule has 2 aromatic carbocycles. The first-order chi connectivity index (χ1) is 9.04. The summed E-state index contributed by atoms with van der Waals surface area (Å²) in [7, 11) is 0. The van der Waals surface area contributed by atoms with Crippen LogP contribution in [0, 0.1) is 20.8 Å². The van der Waals surface area contributed by atoms with Crippen molar-refractivity contribution < 1.29 is 4.42 Å². The molecule has 3 nitrogen and oxygen atoms in total. The Morgan fingerprint density at radius 2 is 1.68 bits per heavy atom. The van der Waals surface area contributed by atoms with Gasteiger partial charge in [-0.15, -0.1) is 0 Å². The second kappa shape index (κ2) is 4.12. The number of anilines is 1. The van der Waals surface area contributed by atoms with E-state index in [1.54, 1.807) is 0 Å². The molecule has 0 bridgehead atoms. The summed E-state index contributed by atoms with van der Waals surface area (Å²) in [6, 6.07) is 9.81. The number of aromatic nitrogens is 1. The van der Waals surface area contributed by atoms with Crippen molar-refractivity contribution in [2.45, 2.75) is 20.8 Å². The van der Waals surface area contributed by atoms with Crippen LogP contribution in [0.2, 0.25) is 0 Å². The Morgan fingerprint density at radius 3 is 2.37 bits per heavy atom. The van der Waals surface area contributed by atoms with Gasteiger partial charge in [0.2, 0.25) is 5.89 Å². The second-order valence-electron chi connectivity index (χ2n) is 5.02. The van der Waals surface area contributed by atoms with Crippen LogP contribution >= 0.6 is 0 Å². The van der Waals surface area contributed by atoms with Gasteiger partial charge in [0.1, 0.15) is 5.52 Å². The number of nitrogens with two attached hydrogens (primary N) is 1. The molecular formula is C16H16N2O. The summed E-state index contributed by atoms with van der Waals surface area (Å²) in [5.74, 6) is 0.663. The lowest BCUT2D eigenvalue weighted by Crippen LogP contribution is -1.90. The van der Waals surface area contributed by atoms with E-state index in [0.29, 0.717) is 11.6 Å². The summed E-state index contributed by atoms with van der Waals surface area (Å²) in [5, 5.41) is 0. The van der Waals surface area contributed by atoms with E-state index in [1.165, 1.54) is 16.7 Å². The minimum atomic E-state index is 0.663. The van der Waals surface area contributed by atoms with Crippen LogP contribution in [0.15, 0.2) is 34.7 Å². The van der Waals surface area contributed by atoms with Crippen molar-refractivity contribution in [3.05, 3.63) is 47.0 Å². The lowest BCUT2D eigenvalue weighted by Gasteiger charge is -2.07. The lowest BCUT2D eigenvalue weighted by atomic mass is 10.00. The van der Waals surface area contributed by atoms with Gasteiger partial charge in [0.05, 0.1) is 0 Å². The van der Waals surface area contributed by atoms with Crippen LogP contribution in [0.4, 0.5) is 5.69 Å². The first kappa shape index (κ1) is 11.8. The fourth-order valence-electron chi connectivity index (χ4n) is 2.57. The Bertz CT molecular complexity index is 749. The number of oxazole rings is 1. The highest BCUT2D eigenvalue weighted by atomic mass is 16.3. The third-order valence-electron chi connectivity index (χ3n) is 3.30. The highest BCUT2D eigenvalue weighted by molar-refractivity contribution is 5.80. The molecule has 0 spiro atoms. The summed E-state index contributed by atoms with van der Waals surface area (Å²) in [6.45, 7) is 6.26. The molecule has 0 saturated heterocycles.